The van der Waals surface area contributed by atoms with E-state index in [1.165, 1.54) is 29.2 Å². The second-order valence-electron chi connectivity index (χ2n) is 7.57. The van der Waals surface area contributed by atoms with Gasteiger partial charge in [-0.05, 0) is 29.8 Å². The monoisotopic (exact) mass is 485 g/mol. The zero-order valence-electron chi connectivity index (χ0n) is 18.3. The number of nitrogens with zero attached hydrogens (tertiary/aromatic N) is 5. The number of rotatable bonds is 7. The van der Waals surface area contributed by atoms with Crippen LogP contribution in [0.3, 0.4) is 0 Å². The highest BCUT2D eigenvalue weighted by Gasteiger charge is 2.18. The number of ether oxygens (including phenoxy) is 1. The number of aliphatic imine (C=N–C) groups is 1. The molecule has 0 saturated carbocycles. The molecule has 11 heteroatoms. The van der Waals surface area contributed by atoms with E-state index in [0.29, 0.717) is 43.3 Å². The predicted molar refractivity (Wildman–Crippen MR) is 132 cm³/mol. The standard InChI is InChI=1S/C22H23N5O4S2/c1-25(2)18-6-3-15(11-19(18)27(29)30)13-23-16-4-5-17-20(12-16)33-22(24-17)32-14-21(28)26-7-9-31-10-8-26/h3-6,11-13H,7-10,14H2,1-2H3. The summed E-state index contributed by atoms with van der Waals surface area (Å²) in [6, 6.07) is 10.7. The number of amides is 1. The van der Waals surface area contributed by atoms with E-state index in [2.05, 4.69) is 9.98 Å². The number of nitro groups is 1. The zero-order valence-corrected chi connectivity index (χ0v) is 19.9. The number of thioether (sulfide) groups is 1. The van der Waals surface area contributed by atoms with Crippen molar-refractivity contribution in [3.63, 3.8) is 0 Å². The number of nitro benzene ring substituents is 1. The molecule has 0 aliphatic carbocycles. The summed E-state index contributed by atoms with van der Waals surface area (Å²) >= 11 is 2.96. The van der Waals surface area contributed by atoms with Gasteiger partial charge >= 0.3 is 0 Å². The van der Waals surface area contributed by atoms with E-state index in [4.69, 9.17) is 4.74 Å². The van der Waals surface area contributed by atoms with E-state index in [1.54, 1.807) is 37.3 Å². The van der Waals surface area contributed by atoms with Crippen LogP contribution in [0, 0.1) is 10.1 Å². The van der Waals surface area contributed by atoms with Crippen LogP contribution < -0.4 is 4.90 Å². The minimum absolute atomic E-state index is 0.0372. The van der Waals surface area contributed by atoms with Crippen LogP contribution in [0.25, 0.3) is 10.2 Å². The van der Waals surface area contributed by atoms with Crippen molar-refractivity contribution in [1.29, 1.82) is 0 Å². The molecule has 1 amide bonds. The van der Waals surface area contributed by atoms with E-state index in [-0.39, 0.29) is 16.5 Å². The molecule has 4 rings (SSSR count). The lowest BCUT2D eigenvalue weighted by molar-refractivity contribution is -0.384. The van der Waals surface area contributed by atoms with E-state index in [0.717, 1.165) is 20.2 Å². The fourth-order valence-electron chi connectivity index (χ4n) is 3.36. The Kier molecular flexibility index (Phi) is 7.21. The summed E-state index contributed by atoms with van der Waals surface area (Å²) < 4.78 is 7.10. The molecule has 0 spiro atoms. The molecule has 0 atom stereocenters. The highest BCUT2D eigenvalue weighted by atomic mass is 32.2. The maximum atomic E-state index is 12.3. The smallest absolute Gasteiger partial charge is 0.293 e. The van der Waals surface area contributed by atoms with Gasteiger partial charge in [0.1, 0.15) is 5.69 Å². The highest BCUT2D eigenvalue weighted by molar-refractivity contribution is 8.01. The second-order valence-corrected chi connectivity index (χ2v) is 9.82. The Labute approximate surface area is 199 Å². The first kappa shape index (κ1) is 23.1. The molecule has 1 saturated heterocycles. The van der Waals surface area contributed by atoms with Crippen molar-refractivity contribution in [3.8, 4) is 0 Å². The van der Waals surface area contributed by atoms with E-state index in [1.807, 2.05) is 23.1 Å². The lowest BCUT2D eigenvalue weighted by atomic mass is 10.1. The molecule has 172 valence electrons. The van der Waals surface area contributed by atoms with Crippen molar-refractivity contribution in [1.82, 2.24) is 9.88 Å². The summed E-state index contributed by atoms with van der Waals surface area (Å²) in [4.78, 5) is 36.0. The summed E-state index contributed by atoms with van der Waals surface area (Å²) in [6.45, 7) is 2.46. The van der Waals surface area contributed by atoms with Gasteiger partial charge in [-0.15, -0.1) is 11.3 Å². The molecule has 1 aliphatic heterocycles. The number of hydrogen-bond donors (Lipinski definition) is 0. The maximum absolute atomic E-state index is 12.3. The Hall–Kier alpha value is -3.02. The molecule has 1 fully saturated rings. The lowest BCUT2D eigenvalue weighted by Gasteiger charge is -2.26. The fourth-order valence-corrected chi connectivity index (χ4v) is 5.36. The van der Waals surface area contributed by atoms with Crippen molar-refractivity contribution < 1.29 is 14.5 Å². The number of carbonyl (C=O) groups is 1. The summed E-state index contributed by atoms with van der Waals surface area (Å²) in [5.41, 5.74) is 2.81. The van der Waals surface area contributed by atoms with Gasteiger partial charge in [-0.3, -0.25) is 19.9 Å². The average Bonchev–Trinajstić information content (AvgIpc) is 3.23. The second kappa shape index (κ2) is 10.3. The molecule has 2 heterocycles. The molecule has 9 nitrogen and oxygen atoms in total. The molecule has 0 unspecified atom stereocenters. The van der Waals surface area contributed by atoms with Crippen LogP contribution in [0.1, 0.15) is 5.56 Å². The molecule has 3 aromatic rings. The summed E-state index contributed by atoms with van der Waals surface area (Å²) in [7, 11) is 3.54. The molecular weight excluding hydrogens is 462 g/mol. The Morgan fingerprint density at radius 1 is 1.30 bits per heavy atom. The van der Waals surface area contributed by atoms with Crippen molar-refractivity contribution in [2.75, 3.05) is 51.1 Å². The van der Waals surface area contributed by atoms with E-state index >= 15 is 0 Å². The van der Waals surface area contributed by atoms with Crippen LogP contribution in [0.4, 0.5) is 17.1 Å². The van der Waals surface area contributed by atoms with E-state index < -0.39 is 0 Å². The Morgan fingerprint density at radius 2 is 2.09 bits per heavy atom. The normalized spacial score (nSPS) is 14.2. The van der Waals surface area contributed by atoms with E-state index in [9.17, 15) is 14.9 Å². The third kappa shape index (κ3) is 5.67. The fraction of sp³-hybridized carbons (Fsp3) is 0.318. The van der Waals surface area contributed by atoms with Gasteiger partial charge in [0.2, 0.25) is 5.91 Å². The van der Waals surface area contributed by atoms with Gasteiger partial charge in [0.25, 0.3) is 5.69 Å². The van der Waals surface area contributed by atoms with Crippen LogP contribution >= 0.6 is 23.1 Å². The first-order valence-corrected chi connectivity index (χ1v) is 12.1. The number of aromatic nitrogens is 1. The molecule has 0 radical (unpaired) electrons. The Bertz CT molecular complexity index is 1200. The van der Waals surface area contributed by atoms with Gasteiger partial charge in [0, 0.05) is 39.5 Å². The van der Waals surface area contributed by atoms with Gasteiger partial charge in [0.15, 0.2) is 4.34 Å². The van der Waals surface area contributed by atoms with Crippen molar-refractivity contribution >= 4 is 62.5 Å². The molecule has 0 N–H and O–H groups in total. The molecule has 2 aromatic carbocycles. The van der Waals surface area contributed by atoms with Crippen molar-refractivity contribution in [2.45, 2.75) is 4.34 Å². The predicted octanol–water partition coefficient (Wildman–Crippen LogP) is 3.97. The van der Waals surface area contributed by atoms with Crippen LogP contribution in [0.2, 0.25) is 0 Å². The zero-order chi connectivity index (χ0) is 23.4. The van der Waals surface area contributed by atoms with Crippen LogP contribution in [-0.2, 0) is 9.53 Å². The number of benzene rings is 2. The largest absolute Gasteiger partial charge is 0.378 e. The number of carbonyl (C=O) groups excluding carboxylic acids is 1. The van der Waals surface area contributed by atoms with Crippen LogP contribution in [-0.4, -0.2) is 73.1 Å². The Morgan fingerprint density at radius 3 is 2.82 bits per heavy atom. The van der Waals surface area contributed by atoms with Gasteiger partial charge in [-0.25, -0.2) is 4.98 Å². The van der Waals surface area contributed by atoms with Crippen LogP contribution in [0.15, 0.2) is 45.7 Å². The Balaban J connectivity index is 1.45. The van der Waals surface area contributed by atoms with Gasteiger partial charge < -0.3 is 14.5 Å². The minimum Gasteiger partial charge on any atom is -0.378 e. The third-order valence-electron chi connectivity index (χ3n) is 5.08. The maximum Gasteiger partial charge on any atom is 0.293 e. The first-order chi connectivity index (χ1) is 15.9. The third-order valence-corrected chi connectivity index (χ3v) is 7.22. The van der Waals surface area contributed by atoms with Gasteiger partial charge in [-0.1, -0.05) is 17.8 Å². The quantitative estimate of drug-likeness (QED) is 0.216. The minimum atomic E-state index is -0.390. The molecule has 1 aromatic heterocycles. The SMILES string of the molecule is CN(C)c1ccc(C=Nc2ccc3nc(SCC(=O)N4CCOCC4)sc3c2)cc1[N+](=O)[O-]. The average molecular weight is 486 g/mol. The highest BCUT2D eigenvalue weighted by Crippen LogP contribution is 2.32. The summed E-state index contributed by atoms with van der Waals surface area (Å²) in [5.74, 6) is 0.453. The summed E-state index contributed by atoms with van der Waals surface area (Å²) in [5, 5.41) is 11.4. The van der Waals surface area contributed by atoms with Crippen LogP contribution in [0.5, 0.6) is 0 Å². The molecule has 33 heavy (non-hydrogen) atoms. The number of fused-ring (bicyclic) bond motifs is 1. The summed E-state index contributed by atoms with van der Waals surface area (Å²) in [6.07, 6.45) is 1.62. The molecule has 0 bridgehead atoms. The molecular formula is C22H23N5O4S2. The van der Waals surface area contributed by atoms with Gasteiger partial charge in [0.05, 0.1) is 39.8 Å². The van der Waals surface area contributed by atoms with Crippen molar-refractivity contribution in [2.24, 2.45) is 4.99 Å². The first-order valence-electron chi connectivity index (χ1n) is 10.3. The number of morpholine rings is 1. The number of anilines is 1. The number of thiazole rings is 1. The number of hydrogen-bond acceptors (Lipinski definition) is 9. The molecule has 1 aliphatic rings. The lowest BCUT2D eigenvalue weighted by Crippen LogP contribution is -2.41. The van der Waals surface area contributed by atoms with Gasteiger partial charge in [-0.2, -0.15) is 0 Å². The van der Waals surface area contributed by atoms with Crippen molar-refractivity contribution in [3.05, 3.63) is 52.1 Å². The topological polar surface area (TPSA) is 101 Å².